The third kappa shape index (κ3) is 4.43. The van der Waals surface area contributed by atoms with Gasteiger partial charge in [0.1, 0.15) is 4.88 Å². The lowest BCUT2D eigenvalue weighted by Crippen LogP contribution is -2.32. The van der Waals surface area contributed by atoms with Crippen LogP contribution >= 0.6 is 11.5 Å². The van der Waals surface area contributed by atoms with Gasteiger partial charge in [-0.2, -0.15) is 0 Å². The number of rotatable bonds is 7. The summed E-state index contributed by atoms with van der Waals surface area (Å²) in [5.74, 6) is 2.76. The summed E-state index contributed by atoms with van der Waals surface area (Å²) in [6.45, 7) is 7.47. The van der Waals surface area contributed by atoms with Crippen molar-refractivity contribution >= 4 is 11.5 Å². The molecule has 3 aromatic rings. The maximum atomic E-state index is 5.61. The zero-order chi connectivity index (χ0) is 20.2. The van der Waals surface area contributed by atoms with Crippen LogP contribution in [-0.2, 0) is 6.54 Å². The number of hydrogen-bond acceptors (Lipinski definition) is 8. The molecular weight excluding hydrogens is 388 g/mol. The van der Waals surface area contributed by atoms with Gasteiger partial charge in [-0.1, -0.05) is 15.7 Å². The molecule has 1 aliphatic heterocycles. The Hall–Kier alpha value is -2.45. The first-order valence-corrected chi connectivity index (χ1v) is 10.7. The van der Waals surface area contributed by atoms with Crippen molar-refractivity contribution in [2.75, 3.05) is 26.8 Å². The predicted molar refractivity (Wildman–Crippen MR) is 112 cm³/mol. The minimum Gasteiger partial charge on any atom is -0.493 e. The fraction of sp³-hybridized carbons (Fsp3) is 0.476. The number of ether oxygens (including phenoxy) is 2. The van der Waals surface area contributed by atoms with Gasteiger partial charge in [0.2, 0.25) is 0 Å². The van der Waals surface area contributed by atoms with Crippen LogP contribution in [0.25, 0.3) is 10.6 Å². The monoisotopic (exact) mass is 414 g/mol. The van der Waals surface area contributed by atoms with Gasteiger partial charge in [-0.05, 0) is 69.0 Å². The van der Waals surface area contributed by atoms with Crippen molar-refractivity contribution in [3.05, 3.63) is 41.2 Å². The Labute approximate surface area is 174 Å². The number of benzene rings is 1. The molecule has 0 radical (unpaired) electrons. The van der Waals surface area contributed by atoms with E-state index in [-0.39, 0.29) is 0 Å². The first-order chi connectivity index (χ1) is 14.2. The fourth-order valence-electron chi connectivity index (χ4n) is 3.81. The molecule has 0 N–H and O–H groups in total. The van der Waals surface area contributed by atoms with E-state index in [1.807, 2.05) is 26.0 Å². The number of aryl methyl sites for hydroxylation is 1. The molecule has 7 nitrogen and oxygen atoms in total. The maximum absolute atomic E-state index is 5.61. The number of aromatic nitrogens is 3. The lowest BCUT2D eigenvalue weighted by molar-refractivity contribution is 0.203. The molecular formula is C21H26N4O3S. The summed E-state index contributed by atoms with van der Waals surface area (Å²) in [5.41, 5.74) is 3.16. The molecule has 8 heteroatoms. The summed E-state index contributed by atoms with van der Waals surface area (Å²) < 4.78 is 20.7. The molecule has 0 unspecified atom stereocenters. The topological polar surface area (TPSA) is 73.5 Å². The lowest BCUT2D eigenvalue weighted by atomic mass is 9.92. The van der Waals surface area contributed by atoms with Gasteiger partial charge in [-0.25, -0.2) is 0 Å². The van der Waals surface area contributed by atoms with Gasteiger partial charge in [-0.3, -0.25) is 4.90 Å². The highest BCUT2D eigenvalue weighted by molar-refractivity contribution is 7.09. The van der Waals surface area contributed by atoms with Crippen LogP contribution in [0.2, 0.25) is 0 Å². The summed E-state index contributed by atoms with van der Waals surface area (Å²) >= 11 is 1.39. The average molecular weight is 415 g/mol. The number of hydrogen-bond donors (Lipinski definition) is 0. The molecule has 0 spiro atoms. The van der Waals surface area contributed by atoms with Crippen molar-refractivity contribution in [1.82, 2.24) is 19.6 Å². The first-order valence-electron chi connectivity index (χ1n) is 9.96. The molecule has 1 saturated heterocycles. The van der Waals surface area contributed by atoms with E-state index in [9.17, 15) is 0 Å². The largest absolute Gasteiger partial charge is 0.493 e. The van der Waals surface area contributed by atoms with Crippen LogP contribution in [0.3, 0.4) is 0 Å². The van der Waals surface area contributed by atoms with Crippen molar-refractivity contribution in [1.29, 1.82) is 0 Å². The van der Waals surface area contributed by atoms with Crippen LogP contribution in [0, 0.1) is 6.92 Å². The molecule has 1 aliphatic rings. The van der Waals surface area contributed by atoms with E-state index in [1.165, 1.54) is 17.1 Å². The minimum absolute atomic E-state index is 0.403. The first kappa shape index (κ1) is 19.8. The van der Waals surface area contributed by atoms with Crippen LogP contribution < -0.4 is 9.47 Å². The summed E-state index contributed by atoms with van der Waals surface area (Å²) in [5, 5.41) is 8.41. The van der Waals surface area contributed by atoms with Crippen LogP contribution in [0.5, 0.6) is 11.5 Å². The van der Waals surface area contributed by atoms with E-state index in [0.717, 1.165) is 66.0 Å². The van der Waals surface area contributed by atoms with Gasteiger partial charge in [0, 0.05) is 18.5 Å². The molecule has 3 heterocycles. The molecule has 0 saturated carbocycles. The van der Waals surface area contributed by atoms with Gasteiger partial charge >= 0.3 is 0 Å². The van der Waals surface area contributed by atoms with Gasteiger partial charge in [0.05, 0.1) is 25.1 Å². The van der Waals surface area contributed by atoms with E-state index >= 15 is 0 Å². The zero-order valence-electron chi connectivity index (χ0n) is 17.1. The van der Waals surface area contributed by atoms with Gasteiger partial charge < -0.3 is 14.0 Å². The fourth-order valence-corrected chi connectivity index (χ4v) is 4.51. The molecule has 1 aromatic carbocycles. The second-order valence-corrected chi connectivity index (χ2v) is 8.04. The predicted octanol–water partition coefficient (Wildman–Crippen LogP) is 4.29. The summed E-state index contributed by atoms with van der Waals surface area (Å²) in [4.78, 5) is 3.49. The van der Waals surface area contributed by atoms with E-state index in [1.54, 1.807) is 7.11 Å². The SMILES string of the molecule is CCOc1ccc(CN2CCC(c3nnsc3-c3cc(C)no3)CC2)cc1OC. The molecule has 29 heavy (non-hydrogen) atoms. The second-order valence-electron chi connectivity index (χ2n) is 7.29. The molecule has 0 bridgehead atoms. The van der Waals surface area contributed by atoms with Crippen LogP contribution in [-0.4, -0.2) is 46.4 Å². The van der Waals surface area contributed by atoms with Crippen molar-refractivity contribution < 1.29 is 14.0 Å². The van der Waals surface area contributed by atoms with Crippen molar-refractivity contribution in [2.24, 2.45) is 0 Å². The number of methoxy groups -OCH3 is 1. The van der Waals surface area contributed by atoms with Crippen LogP contribution in [0.4, 0.5) is 0 Å². The highest BCUT2D eigenvalue weighted by Gasteiger charge is 2.27. The lowest BCUT2D eigenvalue weighted by Gasteiger charge is -2.31. The Balaban J connectivity index is 1.39. The Morgan fingerprint density at radius 2 is 2.03 bits per heavy atom. The highest BCUT2D eigenvalue weighted by Crippen LogP contribution is 2.37. The highest BCUT2D eigenvalue weighted by atomic mass is 32.1. The number of likely N-dealkylation sites (tertiary alicyclic amines) is 1. The van der Waals surface area contributed by atoms with Crippen LogP contribution in [0.15, 0.2) is 28.8 Å². The van der Waals surface area contributed by atoms with Crippen molar-refractivity contribution in [3.8, 4) is 22.1 Å². The molecule has 0 amide bonds. The van der Waals surface area contributed by atoms with Gasteiger partial charge in [-0.15, -0.1) is 5.10 Å². The third-order valence-corrected chi connectivity index (χ3v) is 6.03. The van der Waals surface area contributed by atoms with E-state index in [4.69, 9.17) is 14.0 Å². The van der Waals surface area contributed by atoms with Gasteiger partial charge in [0.15, 0.2) is 17.3 Å². The maximum Gasteiger partial charge on any atom is 0.180 e. The van der Waals surface area contributed by atoms with Gasteiger partial charge in [0.25, 0.3) is 0 Å². The molecule has 0 aliphatic carbocycles. The molecule has 0 atom stereocenters. The van der Waals surface area contributed by atoms with Crippen LogP contribution in [0.1, 0.15) is 42.6 Å². The van der Waals surface area contributed by atoms with E-state index < -0.39 is 0 Å². The smallest absolute Gasteiger partial charge is 0.180 e. The summed E-state index contributed by atoms with van der Waals surface area (Å²) in [7, 11) is 1.68. The second kappa shape index (κ2) is 8.92. The van der Waals surface area contributed by atoms with E-state index in [0.29, 0.717) is 12.5 Å². The number of piperidine rings is 1. The van der Waals surface area contributed by atoms with Crippen molar-refractivity contribution in [2.45, 2.75) is 39.2 Å². The minimum atomic E-state index is 0.403. The molecule has 1 fully saturated rings. The third-order valence-electron chi connectivity index (χ3n) is 5.27. The normalized spacial score (nSPS) is 15.6. The Morgan fingerprint density at radius 1 is 1.21 bits per heavy atom. The average Bonchev–Trinajstić information content (AvgIpc) is 3.39. The van der Waals surface area contributed by atoms with Crippen molar-refractivity contribution in [3.63, 3.8) is 0 Å². The summed E-state index contributed by atoms with van der Waals surface area (Å²) in [6.07, 6.45) is 2.11. The molecule has 154 valence electrons. The zero-order valence-corrected chi connectivity index (χ0v) is 17.9. The standard InChI is InChI=1S/C21H26N4O3S/c1-4-27-17-6-5-15(12-18(17)26-3)13-25-9-7-16(8-10-25)20-21(29-24-22-20)19-11-14(2)23-28-19/h5-6,11-12,16H,4,7-10,13H2,1-3H3. The quantitative estimate of drug-likeness (QED) is 0.571. The Morgan fingerprint density at radius 3 is 2.72 bits per heavy atom. The number of nitrogens with zero attached hydrogens (tertiary/aromatic N) is 4. The molecule has 4 rings (SSSR count). The summed E-state index contributed by atoms with van der Waals surface area (Å²) in [6, 6.07) is 8.14. The Kier molecular flexibility index (Phi) is 6.10. The Bertz CT molecular complexity index is 947. The molecule has 2 aromatic heterocycles. The van der Waals surface area contributed by atoms with E-state index in [2.05, 4.69) is 31.8 Å².